The maximum atomic E-state index is 12.2. The minimum absolute atomic E-state index is 0.269. The lowest BCUT2D eigenvalue weighted by atomic mass is 9.68. The Hall–Kier alpha value is -1.77. The van der Waals surface area contributed by atoms with E-state index < -0.39 is 0 Å². The molecule has 1 aromatic carbocycles. The molecule has 3 nitrogen and oxygen atoms in total. The number of benzene rings is 1. The number of rotatable bonds is 5. The number of hydrogen-bond acceptors (Lipinski definition) is 3. The molecule has 0 saturated heterocycles. The number of carbonyl (C=O) groups is 1. The first-order chi connectivity index (χ1) is 10.5. The summed E-state index contributed by atoms with van der Waals surface area (Å²) in [6, 6.07) is 7.75. The molecule has 0 radical (unpaired) electrons. The number of nitrogens with one attached hydrogen (secondary N) is 1. The Morgan fingerprint density at radius 1 is 1.36 bits per heavy atom. The van der Waals surface area contributed by atoms with Crippen LogP contribution in [0.2, 0.25) is 0 Å². The third-order valence-electron chi connectivity index (χ3n) is 5.07. The summed E-state index contributed by atoms with van der Waals surface area (Å²) in [5.41, 5.74) is 2.08. The van der Waals surface area contributed by atoms with Crippen LogP contribution in [0.1, 0.15) is 46.5 Å². The molecule has 1 aromatic rings. The van der Waals surface area contributed by atoms with Gasteiger partial charge in [0.1, 0.15) is 5.75 Å². The first-order valence-corrected chi connectivity index (χ1v) is 8.09. The van der Waals surface area contributed by atoms with E-state index in [-0.39, 0.29) is 11.2 Å². The van der Waals surface area contributed by atoms with Crippen molar-refractivity contribution in [3.8, 4) is 5.75 Å². The molecule has 1 aliphatic carbocycles. The summed E-state index contributed by atoms with van der Waals surface area (Å²) in [5.74, 6) is 1.62. The molecule has 1 saturated carbocycles. The number of ketones is 1. The number of hydrogen-bond donors (Lipinski definition) is 1. The van der Waals surface area contributed by atoms with Crippen LogP contribution in [0.4, 0.5) is 5.69 Å². The van der Waals surface area contributed by atoms with Crippen LogP contribution in [-0.2, 0) is 4.79 Å². The van der Waals surface area contributed by atoms with Crippen LogP contribution >= 0.6 is 0 Å². The molecule has 0 aliphatic heterocycles. The zero-order chi connectivity index (χ0) is 16.2. The highest BCUT2D eigenvalue weighted by Crippen LogP contribution is 2.41. The number of para-hydroxylation sites is 2. The fourth-order valence-electron chi connectivity index (χ4n) is 2.97. The normalized spacial score (nSPS) is 21.0. The van der Waals surface area contributed by atoms with Crippen molar-refractivity contribution < 1.29 is 9.53 Å². The van der Waals surface area contributed by atoms with Gasteiger partial charge in [0.05, 0.1) is 12.8 Å². The fourth-order valence-corrected chi connectivity index (χ4v) is 2.97. The standard InChI is InChI=1S/C19H27NO2/c1-5-19(2,3)15-10-11-17(21)14(12-15)13-20-16-8-6-7-9-18(16)22-4/h6-9,13,15,20H,5,10-12H2,1-4H3/b14-13+/t15-/m0/s1. The molecule has 120 valence electrons. The first-order valence-electron chi connectivity index (χ1n) is 8.09. The fraction of sp³-hybridized carbons (Fsp3) is 0.526. The van der Waals surface area contributed by atoms with Gasteiger partial charge in [-0.15, -0.1) is 0 Å². The lowest BCUT2D eigenvalue weighted by molar-refractivity contribution is -0.117. The number of carbonyl (C=O) groups excluding carboxylic acids is 1. The molecule has 1 atom stereocenters. The number of methoxy groups -OCH3 is 1. The van der Waals surface area contributed by atoms with E-state index in [9.17, 15) is 4.79 Å². The van der Waals surface area contributed by atoms with E-state index in [1.807, 2.05) is 30.5 Å². The van der Waals surface area contributed by atoms with Crippen molar-refractivity contribution in [2.24, 2.45) is 11.3 Å². The predicted octanol–water partition coefficient (Wildman–Crippen LogP) is 4.80. The van der Waals surface area contributed by atoms with E-state index in [1.165, 1.54) is 0 Å². The third-order valence-corrected chi connectivity index (χ3v) is 5.07. The molecule has 1 aliphatic rings. The van der Waals surface area contributed by atoms with Gasteiger partial charge < -0.3 is 10.1 Å². The van der Waals surface area contributed by atoms with Gasteiger partial charge in [-0.05, 0) is 36.3 Å². The molecular formula is C19H27NO2. The Morgan fingerprint density at radius 3 is 2.77 bits per heavy atom. The number of allylic oxidation sites excluding steroid dienone is 1. The molecule has 0 spiro atoms. The summed E-state index contributed by atoms with van der Waals surface area (Å²) in [4.78, 5) is 12.2. The minimum atomic E-state index is 0.269. The topological polar surface area (TPSA) is 38.3 Å². The summed E-state index contributed by atoms with van der Waals surface area (Å²) in [6.07, 6.45) is 5.54. The number of Topliss-reactive ketones (excluding diaryl/α,β-unsaturated/α-hetero) is 1. The van der Waals surface area contributed by atoms with Gasteiger partial charge in [-0.2, -0.15) is 0 Å². The average molecular weight is 301 g/mol. The van der Waals surface area contributed by atoms with Crippen molar-refractivity contribution in [1.82, 2.24) is 0 Å². The van der Waals surface area contributed by atoms with Crippen molar-refractivity contribution in [2.75, 3.05) is 12.4 Å². The monoisotopic (exact) mass is 301 g/mol. The van der Waals surface area contributed by atoms with Crippen molar-refractivity contribution in [3.05, 3.63) is 36.0 Å². The molecule has 2 rings (SSSR count). The number of ether oxygens (including phenoxy) is 1. The highest BCUT2D eigenvalue weighted by molar-refractivity contribution is 5.96. The van der Waals surface area contributed by atoms with Crippen LogP contribution in [0.15, 0.2) is 36.0 Å². The predicted molar refractivity (Wildman–Crippen MR) is 91.1 cm³/mol. The molecule has 0 heterocycles. The Morgan fingerprint density at radius 2 is 2.09 bits per heavy atom. The maximum absolute atomic E-state index is 12.2. The SMILES string of the molecule is CCC(C)(C)[C@H]1CCC(=O)/C(=C/Nc2ccccc2OC)C1. The summed E-state index contributed by atoms with van der Waals surface area (Å²) in [7, 11) is 1.65. The van der Waals surface area contributed by atoms with Crippen molar-refractivity contribution in [3.63, 3.8) is 0 Å². The summed E-state index contributed by atoms with van der Waals surface area (Å²) in [5, 5.41) is 3.25. The second-order valence-electron chi connectivity index (χ2n) is 6.72. The van der Waals surface area contributed by atoms with Crippen LogP contribution in [0.5, 0.6) is 5.75 Å². The van der Waals surface area contributed by atoms with E-state index in [1.54, 1.807) is 7.11 Å². The van der Waals surface area contributed by atoms with E-state index in [0.717, 1.165) is 36.3 Å². The van der Waals surface area contributed by atoms with Crippen molar-refractivity contribution in [1.29, 1.82) is 0 Å². The highest BCUT2D eigenvalue weighted by Gasteiger charge is 2.33. The van der Waals surface area contributed by atoms with Gasteiger partial charge in [-0.25, -0.2) is 0 Å². The van der Waals surface area contributed by atoms with Crippen LogP contribution < -0.4 is 10.1 Å². The van der Waals surface area contributed by atoms with Crippen molar-refractivity contribution in [2.45, 2.75) is 46.5 Å². The van der Waals surface area contributed by atoms with E-state index in [0.29, 0.717) is 12.3 Å². The smallest absolute Gasteiger partial charge is 0.160 e. The van der Waals surface area contributed by atoms with Crippen LogP contribution in [-0.4, -0.2) is 12.9 Å². The van der Waals surface area contributed by atoms with Crippen molar-refractivity contribution >= 4 is 11.5 Å². The van der Waals surface area contributed by atoms with Gasteiger partial charge >= 0.3 is 0 Å². The molecule has 1 N–H and O–H groups in total. The van der Waals surface area contributed by atoms with Gasteiger partial charge in [0.2, 0.25) is 0 Å². The first kappa shape index (κ1) is 16.6. The Bertz CT molecular complexity index is 560. The zero-order valence-corrected chi connectivity index (χ0v) is 14.1. The van der Waals surface area contributed by atoms with E-state index in [4.69, 9.17) is 4.74 Å². The Kier molecular flexibility index (Phi) is 5.28. The highest BCUT2D eigenvalue weighted by atomic mass is 16.5. The molecule has 22 heavy (non-hydrogen) atoms. The molecule has 0 aromatic heterocycles. The largest absolute Gasteiger partial charge is 0.495 e. The van der Waals surface area contributed by atoms with Gasteiger partial charge in [0.25, 0.3) is 0 Å². The molecule has 0 bridgehead atoms. The molecule has 0 amide bonds. The Labute approximate surface area is 133 Å². The molecule has 1 fully saturated rings. The second-order valence-corrected chi connectivity index (χ2v) is 6.72. The van der Waals surface area contributed by atoms with Gasteiger partial charge in [-0.1, -0.05) is 39.3 Å². The molecule has 3 heteroatoms. The summed E-state index contributed by atoms with van der Waals surface area (Å²) >= 11 is 0. The second kappa shape index (κ2) is 6.99. The summed E-state index contributed by atoms with van der Waals surface area (Å²) in [6.45, 7) is 6.84. The van der Waals surface area contributed by atoms with Crippen LogP contribution in [0, 0.1) is 11.3 Å². The van der Waals surface area contributed by atoms with E-state index in [2.05, 4.69) is 26.1 Å². The zero-order valence-electron chi connectivity index (χ0n) is 14.1. The number of anilines is 1. The van der Waals surface area contributed by atoms with Crippen LogP contribution in [0.25, 0.3) is 0 Å². The molecular weight excluding hydrogens is 274 g/mol. The van der Waals surface area contributed by atoms with Gasteiger partial charge in [0.15, 0.2) is 5.78 Å². The third kappa shape index (κ3) is 3.70. The van der Waals surface area contributed by atoms with E-state index >= 15 is 0 Å². The van der Waals surface area contributed by atoms with Gasteiger partial charge in [0, 0.05) is 18.2 Å². The lowest BCUT2D eigenvalue weighted by Crippen LogP contribution is -2.29. The minimum Gasteiger partial charge on any atom is -0.495 e. The summed E-state index contributed by atoms with van der Waals surface area (Å²) < 4.78 is 5.33. The Balaban J connectivity index is 2.13. The van der Waals surface area contributed by atoms with Gasteiger partial charge in [-0.3, -0.25) is 4.79 Å². The quantitative estimate of drug-likeness (QED) is 0.794. The maximum Gasteiger partial charge on any atom is 0.160 e. The molecule has 0 unspecified atom stereocenters. The lowest BCUT2D eigenvalue weighted by Gasteiger charge is -2.36. The van der Waals surface area contributed by atoms with Crippen LogP contribution in [0.3, 0.4) is 0 Å². The average Bonchev–Trinajstić information content (AvgIpc) is 2.54.